The first-order valence-electron chi connectivity index (χ1n) is 4.99. The van der Waals surface area contributed by atoms with Crippen LogP contribution in [0.4, 0.5) is 0 Å². The van der Waals surface area contributed by atoms with E-state index in [4.69, 9.17) is 0 Å². The van der Waals surface area contributed by atoms with E-state index >= 15 is 0 Å². The third-order valence-electron chi connectivity index (χ3n) is 2.87. The summed E-state index contributed by atoms with van der Waals surface area (Å²) in [6.07, 6.45) is 2.69. The van der Waals surface area contributed by atoms with Gasteiger partial charge >= 0.3 is 0 Å². The van der Waals surface area contributed by atoms with E-state index in [2.05, 4.69) is 30.3 Å². The molecule has 72 valence electrons. The van der Waals surface area contributed by atoms with Gasteiger partial charge < -0.3 is 4.90 Å². The summed E-state index contributed by atoms with van der Waals surface area (Å²) < 4.78 is 0. The molecule has 1 saturated heterocycles. The van der Waals surface area contributed by atoms with Crippen LogP contribution >= 0.6 is 11.3 Å². The number of rotatable bonds is 1. The Morgan fingerprint density at radius 2 is 2.08 bits per heavy atom. The molecule has 0 unspecified atom stereocenters. The van der Waals surface area contributed by atoms with Gasteiger partial charge in [0, 0.05) is 4.88 Å². The molecule has 1 aliphatic heterocycles. The lowest BCUT2D eigenvalue weighted by Gasteiger charge is -2.28. The number of hydrogen-bond acceptors (Lipinski definition) is 2. The minimum atomic E-state index is 0.842. The summed E-state index contributed by atoms with van der Waals surface area (Å²) in [7, 11) is 2.22. The maximum absolute atomic E-state index is 2.43. The van der Waals surface area contributed by atoms with Gasteiger partial charge in [0.15, 0.2) is 0 Å². The third-order valence-corrected chi connectivity index (χ3v) is 4.08. The number of nitrogens with zero attached hydrogens (tertiary/aromatic N) is 1. The predicted molar refractivity (Wildman–Crippen MR) is 58.5 cm³/mol. The summed E-state index contributed by atoms with van der Waals surface area (Å²) in [5, 5.41) is 2.27. The second-order valence-corrected chi connectivity index (χ2v) is 5.05. The summed E-state index contributed by atoms with van der Waals surface area (Å²) in [4.78, 5) is 4.03. The van der Waals surface area contributed by atoms with Gasteiger partial charge in [0.05, 0.1) is 0 Å². The lowest BCUT2D eigenvalue weighted by molar-refractivity contribution is 0.257. The number of hydrogen-bond donors (Lipinski definition) is 0. The molecule has 0 radical (unpaired) electrons. The van der Waals surface area contributed by atoms with Crippen molar-refractivity contribution in [2.24, 2.45) is 0 Å². The lowest BCUT2D eigenvalue weighted by atomic mass is 9.95. The van der Waals surface area contributed by atoms with Crippen molar-refractivity contribution in [2.45, 2.75) is 25.7 Å². The minimum Gasteiger partial charge on any atom is -0.306 e. The predicted octanol–water partition coefficient (Wildman–Crippen LogP) is 2.87. The quantitative estimate of drug-likeness (QED) is 0.666. The maximum Gasteiger partial charge on any atom is 0.00798 e. The SMILES string of the molecule is Cc1csc(C2CCN(C)CC2)c1. The van der Waals surface area contributed by atoms with E-state index < -0.39 is 0 Å². The van der Waals surface area contributed by atoms with E-state index in [1.807, 2.05) is 11.3 Å². The second-order valence-electron chi connectivity index (χ2n) is 4.10. The smallest absolute Gasteiger partial charge is 0.00798 e. The van der Waals surface area contributed by atoms with Crippen LogP contribution in [0.5, 0.6) is 0 Å². The van der Waals surface area contributed by atoms with Crippen molar-refractivity contribution in [2.75, 3.05) is 20.1 Å². The summed E-state index contributed by atoms with van der Waals surface area (Å²) in [5.41, 5.74) is 1.43. The highest BCUT2D eigenvalue weighted by Crippen LogP contribution is 2.31. The van der Waals surface area contributed by atoms with Gasteiger partial charge in [0.25, 0.3) is 0 Å². The van der Waals surface area contributed by atoms with Gasteiger partial charge in [0.1, 0.15) is 0 Å². The van der Waals surface area contributed by atoms with Crippen molar-refractivity contribution in [1.82, 2.24) is 4.90 Å². The molecule has 1 aliphatic rings. The molecule has 2 rings (SSSR count). The Morgan fingerprint density at radius 1 is 1.38 bits per heavy atom. The van der Waals surface area contributed by atoms with Crippen LogP contribution in [0.15, 0.2) is 11.4 Å². The standard InChI is InChI=1S/C11H17NS/c1-9-7-11(13-8-9)10-3-5-12(2)6-4-10/h7-8,10H,3-6H2,1-2H3. The molecule has 1 fully saturated rings. The second kappa shape index (κ2) is 3.81. The fourth-order valence-corrected chi connectivity index (χ4v) is 3.03. The molecule has 0 spiro atoms. The third kappa shape index (κ3) is 2.12. The Hall–Kier alpha value is -0.340. The zero-order chi connectivity index (χ0) is 9.26. The molecular formula is C11H17NS. The van der Waals surface area contributed by atoms with E-state index in [-0.39, 0.29) is 0 Å². The van der Waals surface area contributed by atoms with Crippen LogP contribution in [-0.4, -0.2) is 25.0 Å². The fourth-order valence-electron chi connectivity index (χ4n) is 1.96. The van der Waals surface area contributed by atoms with Gasteiger partial charge in [-0.3, -0.25) is 0 Å². The van der Waals surface area contributed by atoms with E-state index in [9.17, 15) is 0 Å². The molecule has 0 bridgehead atoms. The van der Waals surface area contributed by atoms with Crippen LogP contribution in [0, 0.1) is 6.92 Å². The molecule has 0 saturated carbocycles. The van der Waals surface area contributed by atoms with Crippen molar-refractivity contribution in [1.29, 1.82) is 0 Å². The molecule has 1 aromatic heterocycles. The summed E-state index contributed by atoms with van der Waals surface area (Å²) in [6.45, 7) is 4.72. The van der Waals surface area contributed by atoms with Crippen LogP contribution in [0.25, 0.3) is 0 Å². The topological polar surface area (TPSA) is 3.24 Å². The van der Waals surface area contributed by atoms with Crippen LogP contribution in [0.3, 0.4) is 0 Å². The van der Waals surface area contributed by atoms with E-state index in [1.165, 1.54) is 31.5 Å². The lowest BCUT2D eigenvalue weighted by Crippen LogP contribution is -2.28. The van der Waals surface area contributed by atoms with Crippen molar-refractivity contribution in [3.8, 4) is 0 Å². The Kier molecular flexibility index (Phi) is 2.70. The Morgan fingerprint density at radius 3 is 2.62 bits per heavy atom. The van der Waals surface area contributed by atoms with Gasteiger partial charge in [-0.15, -0.1) is 11.3 Å². The number of aryl methyl sites for hydroxylation is 1. The highest BCUT2D eigenvalue weighted by molar-refractivity contribution is 7.10. The van der Waals surface area contributed by atoms with Crippen molar-refractivity contribution in [3.63, 3.8) is 0 Å². The van der Waals surface area contributed by atoms with Crippen molar-refractivity contribution >= 4 is 11.3 Å². The number of thiophene rings is 1. The van der Waals surface area contributed by atoms with Crippen LogP contribution in [0.1, 0.15) is 29.2 Å². The summed E-state index contributed by atoms with van der Waals surface area (Å²) in [6, 6.07) is 2.36. The molecule has 2 heterocycles. The highest BCUT2D eigenvalue weighted by Gasteiger charge is 2.19. The van der Waals surface area contributed by atoms with Gasteiger partial charge in [-0.25, -0.2) is 0 Å². The fraction of sp³-hybridized carbons (Fsp3) is 0.636. The van der Waals surface area contributed by atoms with Crippen LogP contribution in [0.2, 0.25) is 0 Å². The van der Waals surface area contributed by atoms with Crippen LogP contribution < -0.4 is 0 Å². The molecule has 13 heavy (non-hydrogen) atoms. The zero-order valence-electron chi connectivity index (χ0n) is 8.42. The number of piperidine rings is 1. The molecule has 1 nitrogen and oxygen atoms in total. The molecule has 1 aromatic rings. The average Bonchev–Trinajstić information content (AvgIpc) is 2.53. The van der Waals surface area contributed by atoms with E-state index in [0.29, 0.717) is 0 Å². The molecule has 0 aliphatic carbocycles. The van der Waals surface area contributed by atoms with Gasteiger partial charge in [0.2, 0.25) is 0 Å². The van der Waals surface area contributed by atoms with Crippen molar-refractivity contribution in [3.05, 3.63) is 21.9 Å². The Balaban J connectivity index is 2.02. The molecule has 0 atom stereocenters. The van der Waals surface area contributed by atoms with Crippen molar-refractivity contribution < 1.29 is 0 Å². The first kappa shape index (κ1) is 9.22. The van der Waals surface area contributed by atoms with Gasteiger partial charge in [-0.1, -0.05) is 0 Å². The van der Waals surface area contributed by atoms with E-state index in [0.717, 1.165) is 5.92 Å². The summed E-state index contributed by atoms with van der Waals surface area (Å²) >= 11 is 1.94. The van der Waals surface area contributed by atoms with Gasteiger partial charge in [-0.2, -0.15) is 0 Å². The zero-order valence-corrected chi connectivity index (χ0v) is 9.23. The normalized spacial score (nSPS) is 20.8. The molecule has 0 aromatic carbocycles. The first-order valence-corrected chi connectivity index (χ1v) is 5.87. The maximum atomic E-state index is 2.43. The monoisotopic (exact) mass is 195 g/mol. The minimum absolute atomic E-state index is 0.842. The largest absolute Gasteiger partial charge is 0.306 e. The molecule has 0 N–H and O–H groups in total. The summed E-state index contributed by atoms with van der Waals surface area (Å²) in [5.74, 6) is 0.842. The Labute approximate surface area is 84.4 Å². The molecule has 2 heteroatoms. The number of likely N-dealkylation sites (tertiary alicyclic amines) is 1. The first-order chi connectivity index (χ1) is 6.25. The van der Waals surface area contributed by atoms with E-state index in [1.54, 1.807) is 4.88 Å². The van der Waals surface area contributed by atoms with Crippen LogP contribution in [-0.2, 0) is 0 Å². The van der Waals surface area contributed by atoms with Gasteiger partial charge in [-0.05, 0) is 62.8 Å². The molecule has 0 amide bonds. The average molecular weight is 195 g/mol. The molecular weight excluding hydrogens is 178 g/mol. The Bertz CT molecular complexity index is 271. The highest BCUT2D eigenvalue weighted by atomic mass is 32.1.